The molecule has 0 fully saturated rings. The lowest BCUT2D eigenvalue weighted by molar-refractivity contribution is 0.717. The Morgan fingerprint density at radius 2 is 1.56 bits per heavy atom. The van der Waals surface area contributed by atoms with Gasteiger partial charge in [0.2, 0.25) is 0 Å². The van der Waals surface area contributed by atoms with Gasteiger partial charge in [0.15, 0.2) is 0 Å². The Bertz CT molecular complexity index is 511. The Kier molecular flexibility index (Phi) is 3.96. The number of nitrogens with two attached hydrogens (primary N) is 1. The molecule has 0 amide bonds. The van der Waals surface area contributed by atoms with Crippen molar-refractivity contribution in [1.82, 2.24) is 0 Å². The summed E-state index contributed by atoms with van der Waals surface area (Å²) in [4.78, 5) is 0. The first kappa shape index (κ1) is 12.6. The van der Waals surface area contributed by atoms with Crippen molar-refractivity contribution in [1.29, 1.82) is 0 Å². The molecule has 0 aromatic heterocycles. The first-order valence-electron chi connectivity index (χ1n) is 6.22. The third-order valence-corrected chi connectivity index (χ3v) is 3.01. The van der Waals surface area contributed by atoms with Crippen LogP contribution in [0.15, 0.2) is 66.7 Å². The highest BCUT2D eigenvalue weighted by atomic mass is 14.6. The van der Waals surface area contributed by atoms with E-state index >= 15 is 0 Å². The monoisotopic (exact) mass is 237 g/mol. The van der Waals surface area contributed by atoms with E-state index in [-0.39, 0.29) is 6.04 Å². The van der Waals surface area contributed by atoms with Crippen LogP contribution >= 0.6 is 0 Å². The van der Waals surface area contributed by atoms with Gasteiger partial charge >= 0.3 is 0 Å². The molecule has 2 rings (SSSR count). The Morgan fingerprint density at radius 1 is 1.00 bits per heavy atom. The summed E-state index contributed by atoms with van der Waals surface area (Å²) in [6.45, 7) is 5.92. The highest BCUT2D eigenvalue weighted by Gasteiger charge is 2.06. The van der Waals surface area contributed by atoms with Crippen molar-refractivity contribution in [3.05, 3.63) is 72.3 Å². The Morgan fingerprint density at radius 3 is 2.11 bits per heavy atom. The van der Waals surface area contributed by atoms with Crippen LogP contribution < -0.4 is 5.73 Å². The summed E-state index contributed by atoms with van der Waals surface area (Å²) in [5.41, 5.74) is 10.9. The molecule has 1 heteroatoms. The first-order chi connectivity index (χ1) is 8.66. The van der Waals surface area contributed by atoms with Gasteiger partial charge in [0, 0.05) is 6.04 Å². The van der Waals surface area contributed by atoms with Crippen LogP contribution in [0.4, 0.5) is 0 Å². The van der Waals surface area contributed by atoms with Gasteiger partial charge in [0.1, 0.15) is 0 Å². The maximum Gasteiger partial charge on any atom is 0.0332 e. The van der Waals surface area contributed by atoms with E-state index in [1.165, 1.54) is 11.1 Å². The van der Waals surface area contributed by atoms with Gasteiger partial charge in [0.25, 0.3) is 0 Å². The molecule has 0 bridgehead atoms. The topological polar surface area (TPSA) is 26.0 Å². The predicted molar refractivity (Wildman–Crippen MR) is 78.2 cm³/mol. The van der Waals surface area contributed by atoms with Crippen molar-refractivity contribution < 1.29 is 0 Å². The highest BCUT2D eigenvalue weighted by molar-refractivity contribution is 5.63. The van der Waals surface area contributed by atoms with Gasteiger partial charge in [-0.1, -0.05) is 60.2 Å². The lowest BCUT2D eigenvalue weighted by Crippen LogP contribution is -2.10. The van der Waals surface area contributed by atoms with Crippen LogP contribution in [-0.2, 0) is 0 Å². The van der Waals surface area contributed by atoms with Crippen molar-refractivity contribution in [2.45, 2.75) is 19.4 Å². The maximum atomic E-state index is 6.12. The molecule has 1 atom stereocenters. The van der Waals surface area contributed by atoms with E-state index in [2.05, 4.69) is 55.1 Å². The second-order valence-corrected chi connectivity index (χ2v) is 4.76. The molecule has 2 N–H and O–H groups in total. The van der Waals surface area contributed by atoms with Crippen LogP contribution in [0.3, 0.4) is 0 Å². The van der Waals surface area contributed by atoms with Crippen molar-refractivity contribution in [3.8, 4) is 11.1 Å². The molecule has 0 spiro atoms. The first-order valence-corrected chi connectivity index (χ1v) is 6.22. The summed E-state index contributed by atoms with van der Waals surface area (Å²) in [6.07, 6.45) is 0.838. The highest BCUT2D eigenvalue weighted by Crippen LogP contribution is 2.23. The average Bonchev–Trinajstić information content (AvgIpc) is 2.39. The van der Waals surface area contributed by atoms with E-state index < -0.39 is 0 Å². The summed E-state index contributed by atoms with van der Waals surface area (Å²) in [6, 6.07) is 18.9. The van der Waals surface area contributed by atoms with Crippen LogP contribution in [0.25, 0.3) is 11.1 Å². The van der Waals surface area contributed by atoms with Crippen LogP contribution in [0.1, 0.15) is 24.9 Å². The standard InChI is InChI=1S/C17H19N/c1-13(2)12-17(18)16-10-8-15(9-11-16)14-6-4-3-5-7-14/h3-11,17H,1,12,18H2,2H3/t17-/m1/s1. The van der Waals surface area contributed by atoms with Crippen molar-refractivity contribution in [3.63, 3.8) is 0 Å². The van der Waals surface area contributed by atoms with E-state index in [1.807, 2.05) is 13.0 Å². The zero-order valence-corrected chi connectivity index (χ0v) is 10.8. The Labute approximate surface area is 109 Å². The van der Waals surface area contributed by atoms with Gasteiger partial charge in [-0.3, -0.25) is 0 Å². The summed E-state index contributed by atoms with van der Waals surface area (Å²) < 4.78 is 0. The normalized spacial score (nSPS) is 12.1. The molecule has 92 valence electrons. The largest absolute Gasteiger partial charge is 0.324 e. The molecular formula is C17H19N. The summed E-state index contributed by atoms with van der Waals surface area (Å²) >= 11 is 0. The third-order valence-electron chi connectivity index (χ3n) is 3.01. The molecule has 0 aliphatic rings. The fraction of sp³-hybridized carbons (Fsp3) is 0.176. The van der Waals surface area contributed by atoms with Crippen molar-refractivity contribution in [2.24, 2.45) is 5.73 Å². The fourth-order valence-corrected chi connectivity index (χ4v) is 2.05. The molecule has 2 aromatic carbocycles. The molecule has 2 aromatic rings. The minimum absolute atomic E-state index is 0.0484. The van der Waals surface area contributed by atoms with E-state index in [0.717, 1.165) is 17.6 Å². The van der Waals surface area contributed by atoms with Crippen molar-refractivity contribution >= 4 is 0 Å². The van der Waals surface area contributed by atoms with Crippen molar-refractivity contribution in [2.75, 3.05) is 0 Å². The zero-order valence-electron chi connectivity index (χ0n) is 10.8. The third kappa shape index (κ3) is 3.08. The number of hydrogen-bond donors (Lipinski definition) is 1. The molecule has 1 nitrogen and oxygen atoms in total. The average molecular weight is 237 g/mol. The smallest absolute Gasteiger partial charge is 0.0332 e. The lowest BCUT2D eigenvalue weighted by atomic mass is 9.98. The van der Waals surface area contributed by atoms with E-state index in [0.29, 0.717) is 0 Å². The maximum absolute atomic E-state index is 6.12. The molecule has 0 saturated carbocycles. The molecule has 0 saturated heterocycles. The van der Waals surface area contributed by atoms with E-state index in [4.69, 9.17) is 5.73 Å². The van der Waals surface area contributed by atoms with Gasteiger partial charge in [0.05, 0.1) is 0 Å². The summed E-state index contributed by atoms with van der Waals surface area (Å²) in [5, 5.41) is 0. The quantitative estimate of drug-likeness (QED) is 0.787. The van der Waals surface area contributed by atoms with Gasteiger partial charge in [-0.2, -0.15) is 0 Å². The van der Waals surface area contributed by atoms with Gasteiger partial charge in [-0.05, 0) is 30.0 Å². The molecule has 0 unspecified atom stereocenters. The SMILES string of the molecule is C=C(C)C[C@@H](N)c1ccc(-c2ccccc2)cc1. The van der Waals surface area contributed by atoms with Crippen LogP contribution in [0, 0.1) is 0 Å². The number of hydrogen-bond acceptors (Lipinski definition) is 1. The minimum atomic E-state index is 0.0484. The molecule has 0 aliphatic carbocycles. The minimum Gasteiger partial charge on any atom is -0.324 e. The molecular weight excluding hydrogens is 218 g/mol. The molecule has 0 aliphatic heterocycles. The second-order valence-electron chi connectivity index (χ2n) is 4.76. The second kappa shape index (κ2) is 5.65. The fourth-order valence-electron chi connectivity index (χ4n) is 2.05. The predicted octanol–water partition coefficient (Wildman–Crippen LogP) is 4.32. The van der Waals surface area contributed by atoms with Gasteiger partial charge in [-0.25, -0.2) is 0 Å². The summed E-state index contributed by atoms with van der Waals surface area (Å²) in [7, 11) is 0. The molecule has 0 radical (unpaired) electrons. The number of benzene rings is 2. The van der Waals surface area contributed by atoms with E-state index in [1.54, 1.807) is 0 Å². The zero-order chi connectivity index (χ0) is 13.0. The summed E-state index contributed by atoms with van der Waals surface area (Å²) in [5.74, 6) is 0. The molecule has 0 heterocycles. The van der Waals surface area contributed by atoms with Gasteiger partial charge < -0.3 is 5.73 Å². The van der Waals surface area contributed by atoms with Gasteiger partial charge in [-0.15, -0.1) is 6.58 Å². The van der Waals surface area contributed by atoms with E-state index in [9.17, 15) is 0 Å². The number of rotatable bonds is 4. The van der Waals surface area contributed by atoms with Crippen LogP contribution in [0.2, 0.25) is 0 Å². The molecule has 18 heavy (non-hydrogen) atoms. The lowest BCUT2D eigenvalue weighted by Gasteiger charge is -2.12. The van der Waals surface area contributed by atoms with Crippen LogP contribution in [-0.4, -0.2) is 0 Å². The van der Waals surface area contributed by atoms with Crippen LogP contribution in [0.5, 0.6) is 0 Å². The Balaban J connectivity index is 2.18. The Hall–Kier alpha value is -1.86.